The number of nitrogens with zero attached hydrogens (tertiary/aromatic N) is 2. The van der Waals surface area contributed by atoms with Crippen molar-refractivity contribution in [2.75, 3.05) is 47.1 Å². The molecule has 2 atom stereocenters. The number of aliphatic imine (C=N–C) groups is 1. The van der Waals surface area contributed by atoms with E-state index in [9.17, 15) is 0 Å². The summed E-state index contributed by atoms with van der Waals surface area (Å²) in [6.07, 6.45) is 4.46. The number of hydrogen-bond donors (Lipinski definition) is 1. The zero-order valence-electron chi connectivity index (χ0n) is 18.0. The summed E-state index contributed by atoms with van der Waals surface area (Å²) in [7, 11) is 3.55. The van der Waals surface area contributed by atoms with Crippen LogP contribution in [0, 0.1) is 5.41 Å². The van der Waals surface area contributed by atoms with Crippen molar-refractivity contribution in [3.05, 3.63) is 0 Å². The Morgan fingerprint density at radius 2 is 1.81 bits per heavy atom. The Morgan fingerprint density at radius 3 is 2.33 bits per heavy atom. The Labute approximate surface area is 182 Å². The number of nitrogens with one attached hydrogen (secondary N) is 1. The van der Waals surface area contributed by atoms with Crippen molar-refractivity contribution in [1.29, 1.82) is 0 Å². The number of halogens is 1. The summed E-state index contributed by atoms with van der Waals surface area (Å²) in [4.78, 5) is 7.14. The van der Waals surface area contributed by atoms with Gasteiger partial charge in [0, 0.05) is 58.5 Å². The lowest BCUT2D eigenvalue weighted by atomic mass is 9.56. The number of piperidine rings is 1. The number of methoxy groups -OCH3 is 2. The van der Waals surface area contributed by atoms with Crippen LogP contribution < -0.4 is 5.32 Å². The summed E-state index contributed by atoms with van der Waals surface area (Å²) in [5.74, 6) is 1.04. The average molecular weight is 497 g/mol. The van der Waals surface area contributed by atoms with Gasteiger partial charge in [-0.05, 0) is 39.5 Å². The molecule has 160 valence electrons. The summed E-state index contributed by atoms with van der Waals surface area (Å²) >= 11 is 0. The van der Waals surface area contributed by atoms with Crippen molar-refractivity contribution in [2.24, 2.45) is 10.4 Å². The molecule has 1 N–H and O–H groups in total. The van der Waals surface area contributed by atoms with Crippen LogP contribution in [-0.4, -0.2) is 75.7 Å². The molecule has 0 aromatic carbocycles. The standard InChI is InChI=1S/C20H39N3O3.HI/c1-7-21-18(22-17-15-20(4,25-6)19(17,2)3)23-11-9-16(10-12-23)26-14-8-13-24-5;/h16-17H,7-15H2,1-6H3,(H,21,22);1H. The summed E-state index contributed by atoms with van der Waals surface area (Å²) < 4.78 is 16.8. The van der Waals surface area contributed by atoms with Gasteiger partial charge in [0.25, 0.3) is 0 Å². The highest BCUT2D eigenvalue weighted by Crippen LogP contribution is 2.51. The second-order valence-corrected chi connectivity index (χ2v) is 8.26. The largest absolute Gasteiger partial charge is 0.385 e. The van der Waals surface area contributed by atoms with Gasteiger partial charge in [-0.15, -0.1) is 24.0 Å². The molecule has 0 amide bonds. The Morgan fingerprint density at radius 1 is 1.15 bits per heavy atom. The number of rotatable bonds is 8. The van der Waals surface area contributed by atoms with Gasteiger partial charge < -0.3 is 24.4 Å². The molecule has 7 heteroatoms. The predicted molar refractivity (Wildman–Crippen MR) is 121 cm³/mol. The van der Waals surface area contributed by atoms with Gasteiger partial charge in [0.15, 0.2) is 5.96 Å². The fraction of sp³-hybridized carbons (Fsp3) is 0.950. The van der Waals surface area contributed by atoms with Gasteiger partial charge in [-0.1, -0.05) is 13.8 Å². The molecule has 1 saturated carbocycles. The molecular formula is C20H40IN3O3. The molecule has 1 aliphatic heterocycles. The lowest BCUT2D eigenvalue weighted by Gasteiger charge is -2.59. The smallest absolute Gasteiger partial charge is 0.194 e. The minimum atomic E-state index is -0.0645. The maximum Gasteiger partial charge on any atom is 0.194 e. The molecule has 0 spiro atoms. The maximum atomic E-state index is 5.98. The van der Waals surface area contributed by atoms with Crippen LogP contribution in [0.2, 0.25) is 0 Å². The van der Waals surface area contributed by atoms with Crippen molar-refractivity contribution < 1.29 is 14.2 Å². The van der Waals surface area contributed by atoms with Crippen molar-refractivity contribution >= 4 is 29.9 Å². The summed E-state index contributed by atoms with van der Waals surface area (Å²) in [5, 5.41) is 3.72. The molecule has 2 unspecified atom stereocenters. The maximum absolute atomic E-state index is 5.98. The molecule has 0 radical (unpaired) electrons. The van der Waals surface area contributed by atoms with Crippen molar-refractivity contribution in [3.8, 4) is 0 Å². The molecular weight excluding hydrogens is 457 g/mol. The van der Waals surface area contributed by atoms with Gasteiger partial charge in [-0.3, -0.25) is 4.99 Å². The van der Waals surface area contributed by atoms with Gasteiger partial charge in [0.2, 0.25) is 0 Å². The molecule has 2 fully saturated rings. The van der Waals surface area contributed by atoms with E-state index >= 15 is 0 Å². The minimum Gasteiger partial charge on any atom is -0.385 e. The Kier molecular flexibility index (Phi) is 10.3. The number of likely N-dealkylation sites (tertiary alicyclic amines) is 1. The van der Waals surface area contributed by atoms with Crippen LogP contribution in [0.25, 0.3) is 0 Å². The monoisotopic (exact) mass is 497 g/mol. The van der Waals surface area contributed by atoms with Crippen molar-refractivity contribution in [3.63, 3.8) is 0 Å². The van der Waals surface area contributed by atoms with Crippen LogP contribution in [0.15, 0.2) is 4.99 Å². The Hall–Kier alpha value is -0.120. The predicted octanol–water partition coefficient (Wildman–Crippen LogP) is 3.29. The zero-order chi connectivity index (χ0) is 19.2. The lowest BCUT2D eigenvalue weighted by Crippen LogP contribution is -2.69. The summed E-state index contributed by atoms with van der Waals surface area (Å²) in [6, 6.07) is 0.390. The normalized spacial score (nSPS) is 28.4. The Bertz CT molecular complexity index is 467. The van der Waals surface area contributed by atoms with Crippen LogP contribution in [0.5, 0.6) is 0 Å². The molecule has 0 bridgehead atoms. The molecule has 27 heavy (non-hydrogen) atoms. The second kappa shape index (κ2) is 11.2. The van der Waals surface area contributed by atoms with E-state index in [2.05, 4.69) is 37.9 Å². The number of hydrogen-bond acceptors (Lipinski definition) is 4. The van der Waals surface area contributed by atoms with Gasteiger partial charge >= 0.3 is 0 Å². The van der Waals surface area contributed by atoms with Crippen molar-refractivity contribution in [2.45, 2.75) is 71.1 Å². The average Bonchev–Trinajstić information content (AvgIpc) is 2.64. The highest BCUT2D eigenvalue weighted by molar-refractivity contribution is 14.0. The molecule has 0 aromatic rings. The molecule has 1 heterocycles. The third kappa shape index (κ3) is 5.93. The third-order valence-corrected chi connectivity index (χ3v) is 6.48. The fourth-order valence-corrected chi connectivity index (χ4v) is 3.95. The quantitative estimate of drug-likeness (QED) is 0.242. The molecule has 1 saturated heterocycles. The first kappa shape index (κ1) is 24.9. The van der Waals surface area contributed by atoms with E-state index in [0.29, 0.717) is 12.1 Å². The molecule has 2 rings (SSSR count). The number of ether oxygens (including phenoxy) is 3. The molecule has 0 aromatic heterocycles. The zero-order valence-corrected chi connectivity index (χ0v) is 20.4. The van der Waals surface area contributed by atoms with Crippen LogP contribution >= 0.6 is 24.0 Å². The van der Waals surface area contributed by atoms with Crippen LogP contribution in [0.4, 0.5) is 0 Å². The number of guanidine groups is 1. The fourth-order valence-electron chi connectivity index (χ4n) is 3.95. The topological polar surface area (TPSA) is 55.3 Å². The molecule has 2 aliphatic rings. The summed E-state index contributed by atoms with van der Waals surface area (Å²) in [5.41, 5.74) is 0.0179. The van der Waals surface area contributed by atoms with Gasteiger partial charge in [-0.2, -0.15) is 0 Å². The van der Waals surface area contributed by atoms with Crippen molar-refractivity contribution in [1.82, 2.24) is 10.2 Å². The highest BCUT2D eigenvalue weighted by Gasteiger charge is 2.58. The lowest BCUT2D eigenvalue weighted by molar-refractivity contribution is -0.177. The minimum absolute atomic E-state index is 0. The van der Waals surface area contributed by atoms with Gasteiger partial charge in [0.1, 0.15) is 0 Å². The molecule has 6 nitrogen and oxygen atoms in total. The highest BCUT2D eigenvalue weighted by atomic mass is 127. The van der Waals surface area contributed by atoms with E-state index in [1.807, 2.05) is 7.11 Å². The van der Waals surface area contributed by atoms with Gasteiger partial charge in [0.05, 0.1) is 11.7 Å². The first-order chi connectivity index (χ1) is 12.4. The Balaban J connectivity index is 0.00000364. The summed E-state index contributed by atoms with van der Waals surface area (Å²) in [6.45, 7) is 13.2. The van der Waals surface area contributed by atoms with Crippen LogP contribution in [-0.2, 0) is 14.2 Å². The van der Waals surface area contributed by atoms with Crippen LogP contribution in [0.1, 0.15) is 53.4 Å². The van der Waals surface area contributed by atoms with E-state index in [-0.39, 0.29) is 35.0 Å². The van der Waals surface area contributed by atoms with E-state index in [1.54, 1.807) is 7.11 Å². The first-order valence-electron chi connectivity index (χ1n) is 10.1. The van der Waals surface area contributed by atoms with E-state index < -0.39 is 0 Å². The SMILES string of the molecule is CCN=C(NC1CC(C)(OC)C1(C)C)N1CCC(OCCCOC)CC1.I. The van der Waals surface area contributed by atoms with E-state index in [1.165, 1.54) is 0 Å². The van der Waals surface area contributed by atoms with Crippen LogP contribution in [0.3, 0.4) is 0 Å². The first-order valence-corrected chi connectivity index (χ1v) is 10.1. The molecule has 1 aliphatic carbocycles. The second-order valence-electron chi connectivity index (χ2n) is 8.26. The van der Waals surface area contributed by atoms with Gasteiger partial charge in [-0.25, -0.2) is 0 Å². The van der Waals surface area contributed by atoms with E-state index in [4.69, 9.17) is 19.2 Å². The van der Waals surface area contributed by atoms with E-state index in [0.717, 1.165) is 64.5 Å². The third-order valence-electron chi connectivity index (χ3n) is 6.48.